The van der Waals surface area contributed by atoms with Crippen LogP contribution in [-0.2, 0) is 19.5 Å². The fraction of sp³-hybridized carbons (Fsp3) is 0.316. The first kappa shape index (κ1) is 22.6. The molecule has 1 amide bonds. The molecule has 1 aliphatic rings. The molecule has 30 heavy (non-hydrogen) atoms. The number of amides is 1. The predicted octanol–water partition coefficient (Wildman–Crippen LogP) is 2.91. The maximum atomic E-state index is 14.4. The lowest BCUT2D eigenvalue weighted by Crippen LogP contribution is -2.36. The number of benzene rings is 2. The van der Waals surface area contributed by atoms with Gasteiger partial charge in [0.05, 0.1) is 31.5 Å². The molecule has 1 heterocycles. The van der Waals surface area contributed by atoms with Gasteiger partial charge in [0.25, 0.3) is 5.91 Å². The van der Waals surface area contributed by atoms with Crippen molar-refractivity contribution in [1.29, 1.82) is 0 Å². The minimum atomic E-state index is -4.24. The highest BCUT2D eigenvalue weighted by Crippen LogP contribution is 2.23. The van der Waals surface area contributed by atoms with Gasteiger partial charge < -0.3 is 14.8 Å². The van der Waals surface area contributed by atoms with Gasteiger partial charge in [-0.1, -0.05) is 11.6 Å². The first-order valence-electron chi connectivity index (χ1n) is 9.00. The van der Waals surface area contributed by atoms with Gasteiger partial charge in [-0.2, -0.15) is 4.31 Å². The SMILES string of the molecule is O=C(Nc1ccc(F)c(Cl)c1)c1ccc(F)c(S(=O)(=O)N2CCOCCOCC2)c1. The van der Waals surface area contributed by atoms with Gasteiger partial charge in [0.2, 0.25) is 10.0 Å². The number of sulfonamides is 1. The Morgan fingerprint density at radius 3 is 2.23 bits per heavy atom. The summed E-state index contributed by atoms with van der Waals surface area (Å²) in [6, 6.07) is 6.59. The molecule has 0 spiro atoms. The Hall–Kier alpha value is -2.11. The Balaban J connectivity index is 1.85. The minimum Gasteiger partial charge on any atom is -0.378 e. The van der Waals surface area contributed by atoms with Crippen molar-refractivity contribution in [3.63, 3.8) is 0 Å². The highest BCUT2D eigenvalue weighted by atomic mass is 35.5. The second kappa shape index (κ2) is 9.80. The number of anilines is 1. The highest BCUT2D eigenvalue weighted by molar-refractivity contribution is 7.89. The maximum Gasteiger partial charge on any atom is 0.255 e. The normalized spacial score (nSPS) is 16.4. The van der Waals surface area contributed by atoms with E-state index in [-0.39, 0.29) is 42.6 Å². The number of rotatable bonds is 4. The van der Waals surface area contributed by atoms with Gasteiger partial charge in [-0.15, -0.1) is 0 Å². The number of halogens is 3. The molecule has 0 saturated carbocycles. The Bertz CT molecular complexity index is 1030. The van der Waals surface area contributed by atoms with Crippen LogP contribution in [0.25, 0.3) is 0 Å². The predicted molar refractivity (Wildman–Crippen MR) is 106 cm³/mol. The van der Waals surface area contributed by atoms with Crippen molar-refractivity contribution in [3.05, 3.63) is 58.6 Å². The van der Waals surface area contributed by atoms with Crippen molar-refractivity contribution in [2.75, 3.05) is 44.8 Å². The third kappa shape index (κ3) is 5.32. The van der Waals surface area contributed by atoms with Crippen molar-refractivity contribution >= 4 is 33.2 Å². The molecule has 0 unspecified atom stereocenters. The summed E-state index contributed by atoms with van der Waals surface area (Å²) in [7, 11) is -4.24. The van der Waals surface area contributed by atoms with E-state index >= 15 is 0 Å². The van der Waals surface area contributed by atoms with E-state index in [4.69, 9.17) is 21.1 Å². The van der Waals surface area contributed by atoms with Crippen molar-refractivity contribution in [3.8, 4) is 0 Å². The van der Waals surface area contributed by atoms with Crippen LogP contribution in [0.2, 0.25) is 5.02 Å². The quantitative estimate of drug-likeness (QED) is 0.758. The zero-order valence-corrected chi connectivity index (χ0v) is 17.3. The van der Waals surface area contributed by atoms with Gasteiger partial charge in [-0.05, 0) is 36.4 Å². The van der Waals surface area contributed by atoms with Crippen molar-refractivity contribution in [2.45, 2.75) is 4.90 Å². The lowest BCUT2D eigenvalue weighted by Gasteiger charge is -2.21. The number of nitrogens with zero attached hydrogens (tertiary/aromatic N) is 1. The number of nitrogens with one attached hydrogen (secondary N) is 1. The van der Waals surface area contributed by atoms with E-state index < -0.39 is 32.5 Å². The summed E-state index contributed by atoms with van der Waals surface area (Å²) >= 11 is 5.69. The summed E-state index contributed by atoms with van der Waals surface area (Å²) in [5, 5.41) is 2.28. The fourth-order valence-electron chi connectivity index (χ4n) is 2.77. The van der Waals surface area contributed by atoms with E-state index in [0.29, 0.717) is 13.2 Å². The molecule has 1 fully saturated rings. The summed E-state index contributed by atoms with van der Waals surface area (Å²) in [5.74, 6) is -2.34. The van der Waals surface area contributed by atoms with Gasteiger partial charge in [-0.25, -0.2) is 17.2 Å². The van der Waals surface area contributed by atoms with E-state index in [0.717, 1.165) is 28.6 Å². The maximum absolute atomic E-state index is 14.4. The monoisotopic (exact) mass is 460 g/mol. The second-order valence-corrected chi connectivity index (χ2v) is 8.67. The van der Waals surface area contributed by atoms with E-state index in [9.17, 15) is 22.0 Å². The number of hydrogen-bond acceptors (Lipinski definition) is 5. The van der Waals surface area contributed by atoms with Crippen molar-refractivity contribution in [1.82, 2.24) is 4.31 Å². The molecular formula is C19H19ClF2N2O5S. The molecular weight excluding hydrogens is 442 g/mol. The lowest BCUT2D eigenvalue weighted by molar-refractivity contribution is 0.0629. The Morgan fingerprint density at radius 2 is 1.60 bits per heavy atom. The van der Waals surface area contributed by atoms with Crippen LogP contribution in [-0.4, -0.2) is 58.1 Å². The lowest BCUT2D eigenvalue weighted by atomic mass is 10.2. The van der Waals surface area contributed by atoms with Crippen LogP contribution in [0, 0.1) is 11.6 Å². The minimum absolute atomic E-state index is 0.0234. The summed E-state index contributed by atoms with van der Waals surface area (Å²) in [5.41, 5.74) is 0.113. The highest BCUT2D eigenvalue weighted by Gasteiger charge is 2.28. The number of hydrogen-bond donors (Lipinski definition) is 1. The van der Waals surface area contributed by atoms with Crippen molar-refractivity contribution < 1.29 is 31.5 Å². The van der Waals surface area contributed by atoms with Crippen LogP contribution in [0.1, 0.15) is 10.4 Å². The van der Waals surface area contributed by atoms with Crippen molar-refractivity contribution in [2.24, 2.45) is 0 Å². The van der Waals surface area contributed by atoms with Gasteiger partial charge >= 0.3 is 0 Å². The van der Waals surface area contributed by atoms with Gasteiger partial charge in [0.1, 0.15) is 16.5 Å². The number of carbonyl (C=O) groups is 1. The average molecular weight is 461 g/mol. The molecule has 3 rings (SSSR count). The second-order valence-electron chi connectivity index (χ2n) is 6.36. The third-order valence-corrected chi connectivity index (χ3v) is 6.53. The topological polar surface area (TPSA) is 84.9 Å². The van der Waals surface area contributed by atoms with E-state index in [1.54, 1.807) is 0 Å². The first-order chi connectivity index (χ1) is 14.3. The van der Waals surface area contributed by atoms with Gasteiger partial charge in [0.15, 0.2) is 0 Å². The first-order valence-corrected chi connectivity index (χ1v) is 10.8. The molecule has 2 aromatic rings. The molecule has 1 aliphatic heterocycles. The average Bonchev–Trinajstić information content (AvgIpc) is 2.85. The van der Waals surface area contributed by atoms with Crippen LogP contribution in [0.5, 0.6) is 0 Å². The molecule has 0 aromatic heterocycles. The largest absolute Gasteiger partial charge is 0.378 e. The van der Waals surface area contributed by atoms with E-state index in [1.807, 2.05) is 0 Å². The molecule has 11 heteroatoms. The fourth-order valence-corrected chi connectivity index (χ4v) is 4.44. The van der Waals surface area contributed by atoms with Crippen LogP contribution in [0.15, 0.2) is 41.3 Å². The summed E-state index contributed by atoms with van der Waals surface area (Å²) in [6.07, 6.45) is 0. The Labute approximate surface area is 177 Å². The smallest absolute Gasteiger partial charge is 0.255 e. The molecule has 0 atom stereocenters. The van der Waals surface area contributed by atoms with Crippen LogP contribution in [0.4, 0.5) is 14.5 Å². The van der Waals surface area contributed by atoms with E-state index in [1.165, 1.54) is 12.1 Å². The molecule has 0 radical (unpaired) electrons. The molecule has 0 bridgehead atoms. The number of carbonyl (C=O) groups excluding carboxylic acids is 1. The van der Waals surface area contributed by atoms with Gasteiger partial charge in [0, 0.05) is 24.3 Å². The van der Waals surface area contributed by atoms with Gasteiger partial charge in [-0.3, -0.25) is 4.79 Å². The molecule has 162 valence electrons. The molecule has 2 aromatic carbocycles. The summed E-state index contributed by atoms with van der Waals surface area (Å²) in [6.45, 7) is 0.993. The van der Waals surface area contributed by atoms with Crippen LogP contribution < -0.4 is 5.32 Å². The van der Waals surface area contributed by atoms with Crippen LogP contribution in [0.3, 0.4) is 0 Å². The zero-order chi connectivity index (χ0) is 21.7. The molecule has 1 N–H and O–H groups in total. The zero-order valence-electron chi connectivity index (χ0n) is 15.7. The molecule has 1 saturated heterocycles. The molecule has 0 aliphatic carbocycles. The molecule has 7 nitrogen and oxygen atoms in total. The van der Waals surface area contributed by atoms with E-state index in [2.05, 4.69) is 5.32 Å². The summed E-state index contributed by atoms with van der Waals surface area (Å²) in [4.78, 5) is 11.9. The van der Waals surface area contributed by atoms with Crippen LogP contribution >= 0.6 is 11.6 Å². The third-order valence-electron chi connectivity index (χ3n) is 4.33. The standard InChI is InChI=1S/C19H19ClF2N2O5S/c20-15-12-14(2-4-16(15)21)23-19(25)13-1-3-17(22)18(11-13)30(26,27)24-5-7-28-9-10-29-8-6-24/h1-4,11-12H,5-10H2,(H,23,25). The Kier molecular flexibility index (Phi) is 7.37. The Morgan fingerprint density at radius 1 is 0.967 bits per heavy atom. The summed E-state index contributed by atoms with van der Waals surface area (Å²) < 4.78 is 65.2. The number of ether oxygens (including phenoxy) is 2.